The van der Waals surface area contributed by atoms with Crippen LogP contribution in [0.2, 0.25) is 0 Å². The van der Waals surface area contributed by atoms with Gasteiger partial charge in [-0.3, -0.25) is 72.1 Å². The van der Waals surface area contributed by atoms with Gasteiger partial charge in [0, 0.05) is 44.1 Å². The number of aromatic amines is 1. The largest absolute Gasteiger partial charge is 0.481 e. The number of nitrogens with zero attached hydrogens (tertiary/aromatic N) is 2. The third-order valence-electron chi connectivity index (χ3n) is 14.3. The molecular weight excluding hydrogens is 1230 g/mol. The second-order valence-corrected chi connectivity index (χ2v) is 24.4. The topological polar surface area (TPSA) is 597 Å². The minimum Gasteiger partial charge on any atom is -0.481 e. The summed E-state index contributed by atoms with van der Waals surface area (Å²) in [5, 5.41) is 44.2. The maximum Gasteiger partial charge on any atom is 0.303 e. The van der Waals surface area contributed by atoms with E-state index in [0.717, 1.165) is 0 Å². The Morgan fingerprint density at radius 2 is 1.07 bits per heavy atom. The number of hydrogen-bond donors (Lipinski definition) is 19. The fraction of sp³-hybridized carbons (Fsp3) is 0.679. The minimum absolute atomic E-state index is 0.0147. The van der Waals surface area contributed by atoms with E-state index in [1.54, 1.807) is 47.8 Å². The number of aliphatic hydroxyl groups is 1. The summed E-state index contributed by atoms with van der Waals surface area (Å²) in [4.78, 5) is 198. The lowest BCUT2D eigenvalue weighted by atomic mass is 9.96. The minimum atomic E-state index is -1.83. The van der Waals surface area contributed by atoms with E-state index >= 15 is 0 Å². The fourth-order valence-electron chi connectivity index (χ4n) is 8.71. The number of amides is 13. The van der Waals surface area contributed by atoms with Crippen LogP contribution in [0.1, 0.15) is 132 Å². The Hall–Kier alpha value is -8.67. The number of carboxylic acid groups (broad SMARTS) is 1. The van der Waals surface area contributed by atoms with E-state index in [4.69, 9.17) is 34.4 Å². The first-order chi connectivity index (χ1) is 43.0. The quantitative estimate of drug-likeness (QED) is 0.0164. The number of H-pyrrole nitrogens is 1. The normalized spacial score (nSPS) is 14.9. The molecule has 36 heteroatoms. The van der Waals surface area contributed by atoms with E-state index in [0.29, 0.717) is 5.69 Å². The Morgan fingerprint density at radius 3 is 1.53 bits per heavy atom. The zero-order chi connectivity index (χ0) is 70.2. The van der Waals surface area contributed by atoms with Crippen molar-refractivity contribution in [1.29, 1.82) is 0 Å². The van der Waals surface area contributed by atoms with Crippen LogP contribution in [-0.2, 0) is 73.5 Å². The molecule has 92 heavy (non-hydrogen) atoms. The van der Waals surface area contributed by atoms with Crippen LogP contribution in [0.4, 0.5) is 0 Å². The van der Waals surface area contributed by atoms with E-state index < -0.39 is 199 Å². The molecule has 0 spiro atoms. The van der Waals surface area contributed by atoms with Crippen molar-refractivity contribution >= 4 is 100 Å². The second kappa shape index (κ2) is 40.9. The highest BCUT2D eigenvalue weighted by atomic mass is 32.2. The van der Waals surface area contributed by atoms with E-state index in [-0.39, 0.29) is 69.1 Å². The van der Waals surface area contributed by atoms with Gasteiger partial charge in [0.15, 0.2) is 5.96 Å². The number of aliphatic hydroxyl groups excluding tert-OH is 1. The van der Waals surface area contributed by atoms with Crippen molar-refractivity contribution < 1.29 is 77.3 Å². The van der Waals surface area contributed by atoms with Crippen molar-refractivity contribution in [3.05, 3.63) is 18.2 Å². The van der Waals surface area contributed by atoms with E-state index in [1.165, 1.54) is 38.1 Å². The Kier molecular flexibility index (Phi) is 36.2. The highest BCUT2D eigenvalue weighted by Crippen LogP contribution is 2.16. The first-order valence-electron chi connectivity index (χ1n) is 30.0. The zero-order valence-corrected chi connectivity index (χ0v) is 54.5. The van der Waals surface area contributed by atoms with Crippen molar-refractivity contribution in [3.8, 4) is 0 Å². The maximum atomic E-state index is 14.4. The molecule has 1 rings (SSSR count). The Bertz CT molecular complexity index is 2710. The Labute approximate surface area is 538 Å². The van der Waals surface area contributed by atoms with Gasteiger partial charge in [-0.2, -0.15) is 11.8 Å². The van der Waals surface area contributed by atoms with Gasteiger partial charge in [-0.1, -0.05) is 48.0 Å². The number of aliphatic carboxylic acids is 1. The summed E-state index contributed by atoms with van der Waals surface area (Å²) in [5.41, 5.74) is 31.3. The summed E-state index contributed by atoms with van der Waals surface area (Å²) in [6.07, 6.45) is 1.56. The molecule has 0 unspecified atom stereocenters. The number of hydrogen-bond acceptors (Lipinski definition) is 19. The SMILES string of the molecule is CC[C@H](C)[C@H](NC(=O)[C@H](CCC(=O)O)NC(=O)C(C)(C)NC(=O)[C@@H](NC(=O)[C@@H](N)CO)C(C)C)C(=O)N[C@@H](CCC(N)=O)C(=O)N[C@@H](CC(C)C)C(=O)N[C@@H](CCSC)C(=O)N[C@@H](Cc1cnc[nH]1)C(=O)N[C@@H](CCC(N)=O)C(=O)N[C@@H](CCCN=C(N)N)C(N)=O. The molecule has 25 N–H and O–H groups in total. The molecule has 518 valence electrons. The number of carbonyl (C=O) groups is 14. The number of rotatable bonds is 45. The highest BCUT2D eigenvalue weighted by Gasteiger charge is 2.40. The third kappa shape index (κ3) is 30.4. The number of nitrogens with two attached hydrogens (primary N) is 6. The lowest BCUT2D eigenvalue weighted by molar-refractivity contribution is -0.140. The summed E-state index contributed by atoms with van der Waals surface area (Å²) < 4.78 is 0. The van der Waals surface area contributed by atoms with Gasteiger partial charge < -0.3 is 103 Å². The van der Waals surface area contributed by atoms with Crippen LogP contribution in [0.25, 0.3) is 0 Å². The van der Waals surface area contributed by atoms with Crippen molar-refractivity contribution in [2.75, 3.05) is 25.2 Å². The lowest BCUT2D eigenvalue weighted by Gasteiger charge is -2.32. The molecule has 35 nitrogen and oxygen atoms in total. The molecule has 0 aliphatic heterocycles. The van der Waals surface area contributed by atoms with Gasteiger partial charge in [-0.05, 0) is 88.6 Å². The van der Waals surface area contributed by atoms with Gasteiger partial charge in [-0.25, -0.2) is 4.98 Å². The highest BCUT2D eigenvalue weighted by molar-refractivity contribution is 7.98. The number of thioether (sulfide) groups is 1. The summed E-state index contributed by atoms with van der Waals surface area (Å²) in [7, 11) is 0. The number of carbonyl (C=O) groups excluding carboxylic acids is 13. The monoisotopic (exact) mass is 1320 g/mol. The fourth-order valence-corrected chi connectivity index (χ4v) is 9.18. The molecule has 0 saturated heterocycles. The first-order valence-corrected chi connectivity index (χ1v) is 31.4. The van der Waals surface area contributed by atoms with Crippen molar-refractivity contribution in [1.82, 2.24) is 63.1 Å². The predicted octanol–water partition coefficient (Wildman–Crippen LogP) is -6.03. The van der Waals surface area contributed by atoms with Gasteiger partial charge in [0.25, 0.3) is 0 Å². The molecule has 13 amide bonds. The Balaban J connectivity index is 3.63. The molecule has 0 fully saturated rings. The van der Waals surface area contributed by atoms with Crippen LogP contribution in [0.3, 0.4) is 0 Å². The van der Waals surface area contributed by atoms with Gasteiger partial charge in [-0.15, -0.1) is 0 Å². The molecule has 0 saturated carbocycles. The number of nitrogens with one attached hydrogen (secondary N) is 11. The van der Waals surface area contributed by atoms with Gasteiger partial charge >= 0.3 is 5.97 Å². The van der Waals surface area contributed by atoms with Gasteiger partial charge in [0.1, 0.15) is 66.0 Å². The second-order valence-electron chi connectivity index (χ2n) is 23.4. The van der Waals surface area contributed by atoms with Crippen molar-refractivity contribution in [2.24, 2.45) is 57.1 Å². The molecule has 0 bridgehead atoms. The molecule has 11 atom stereocenters. The molecule has 0 aromatic carbocycles. The predicted molar refractivity (Wildman–Crippen MR) is 337 cm³/mol. The molecular formula is C56H97N19O16S. The summed E-state index contributed by atoms with van der Waals surface area (Å²) >= 11 is 1.30. The molecule has 1 aromatic rings. The van der Waals surface area contributed by atoms with E-state index in [2.05, 4.69) is 68.1 Å². The lowest BCUT2D eigenvalue weighted by Crippen LogP contribution is -2.64. The number of imidazole rings is 1. The van der Waals surface area contributed by atoms with Crippen LogP contribution in [0.15, 0.2) is 17.5 Å². The van der Waals surface area contributed by atoms with Crippen LogP contribution in [0.5, 0.6) is 0 Å². The number of aromatic nitrogens is 2. The third-order valence-corrected chi connectivity index (χ3v) is 14.9. The number of guanidine groups is 1. The molecule has 1 aromatic heterocycles. The van der Waals surface area contributed by atoms with Crippen LogP contribution in [-0.4, -0.2) is 200 Å². The van der Waals surface area contributed by atoms with E-state index in [1.807, 2.05) is 0 Å². The number of primary amides is 3. The molecule has 0 aliphatic carbocycles. The maximum absolute atomic E-state index is 14.4. The molecule has 0 aliphatic rings. The summed E-state index contributed by atoms with van der Waals surface area (Å²) in [6.45, 7) is 11.8. The average Bonchev–Trinajstić information content (AvgIpc) is 0.948. The van der Waals surface area contributed by atoms with Crippen LogP contribution >= 0.6 is 11.8 Å². The van der Waals surface area contributed by atoms with Crippen LogP contribution < -0.4 is 87.6 Å². The van der Waals surface area contributed by atoms with Crippen molar-refractivity contribution in [3.63, 3.8) is 0 Å². The standard InChI is InChI=1S/C56H97N19O16S/c1-10-29(6)43(74-49(86)35(15-18-41(79)80)72-54(91)56(7,8)75-53(90)42(28(4)5)73-45(82)31(57)25-76)52(89)69-34(14-17-40(59)78)47(84)70-37(22-27(2)3)50(87)68-36(19-21-92-9)48(85)71-38(23-30-24-63-26-65-30)51(88)67-33(13-16-39(58)77)46(83)66-32(44(60)81)12-11-20-64-55(61)62/h24,26-29,31-38,42-43,76H,10-23,25,57H2,1-9H3,(H2,58,77)(H2,59,78)(H2,60,81)(H,63,65)(H,66,83)(H,67,88)(H,68,87)(H,69,89)(H,70,84)(H,71,85)(H,72,91)(H,73,82)(H,74,86)(H,75,90)(H,79,80)(H4,61,62,64)/t29-,31-,32-,33-,34-,35-,36-,37-,38-,42-,43-/m0/s1. The zero-order valence-electron chi connectivity index (χ0n) is 53.6. The molecule has 0 radical (unpaired) electrons. The summed E-state index contributed by atoms with van der Waals surface area (Å²) in [6, 6.07) is -14.5. The van der Waals surface area contributed by atoms with Gasteiger partial charge in [0.2, 0.25) is 76.8 Å². The number of aliphatic imine (C=N–C) groups is 1. The van der Waals surface area contributed by atoms with Gasteiger partial charge in [0.05, 0.1) is 12.9 Å². The Morgan fingerprint density at radius 1 is 0.598 bits per heavy atom. The van der Waals surface area contributed by atoms with E-state index in [9.17, 15) is 77.3 Å². The number of carboxylic acids is 1. The van der Waals surface area contributed by atoms with Crippen LogP contribution in [0, 0.1) is 17.8 Å². The smallest absolute Gasteiger partial charge is 0.303 e. The molecule has 1 heterocycles. The first kappa shape index (κ1) is 81.3. The summed E-state index contributed by atoms with van der Waals surface area (Å²) in [5.74, 6) is -15.0. The average molecular weight is 1320 g/mol. The van der Waals surface area contributed by atoms with Crippen molar-refractivity contribution in [2.45, 2.75) is 198 Å².